The van der Waals surface area contributed by atoms with Gasteiger partial charge in [-0.15, -0.1) is 0 Å². The molecule has 2 N–H and O–H groups in total. The van der Waals surface area contributed by atoms with Gasteiger partial charge < -0.3 is 15.3 Å². The van der Waals surface area contributed by atoms with Crippen molar-refractivity contribution in [2.24, 2.45) is 5.41 Å². The van der Waals surface area contributed by atoms with Gasteiger partial charge in [0.2, 0.25) is 0 Å². The van der Waals surface area contributed by atoms with Crippen molar-refractivity contribution in [1.82, 2.24) is 10.2 Å². The topological polar surface area (TPSA) is 52.6 Å². The largest absolute Gasteiger partial charge is 0.480 e. The van der Waals surface area contributed by atoms with Gasteiger partial charge in [-0.2, -0.15) is 0 Å². The highest BCUT2D eigenvalue weighted by molar-refractivity contribution is 5.79. The Morgan fingerprint density at radius 1 is 1.53 bits per heavy atom. The average Bonchev–Trinajstić information content (AvgIpc) is 2.72. The molecule has 0 bridgehead atoms. The first-order chi connectivity index (χ1) is 8.64. The molecule has 3 atom stereocenters. The molecule has 112 valence electrons. The van der Waals surface area contributed by atoms with E-state index in [9.17, 15) is 9.90 Å². The van der Waals surface area contributed by atoms with Gasteiger partial charge in [0.1, 0.15) is 5.54 Å². The summed E-state index contributed by atoms with van der Waals surface area (Å²) in [7, 11) is 2.13. The van der Waals surface area contributed by atoms with Crippen molar-refractivity contribution in [1.29, 1.82) is 0 Å². The van der Waals surface area contributed by atoms with Crippen molar-refractivity contribution >= 4 is 5.97 Å². The van der Waals surface area contributed by atoms with Crippen molar-refractivity contribution in [3.8, 4) is 0 Å². The molecule has 0 saturated heterocycles. The zero-order valence-electron chi connectivity index (χ0n) is 13.3. The predicted molar refractivity (Wildman–Crippen MR) is 78.4 cm³/mol. The number of hydrogen-bond donors (Lipinski definition) is 2. The van der Waals surface area contributed by atoms with Crippen LogP contribution in [0.4, 0.5) is 0 Å². The zero-order valence-corrected chi connectivity index (χ0v) is 13.3. The van der Waals surface area contributed by atoms with Crippen molar-refractivity contribution in [3.63, 3.8) is 0 Å². The van der Waals surface area contributed by atoms with Crippen LogP contribution in [-0.4, -0.2) is 47.2 Å². The molecule has 1 aliphatic rings. The Labute approximate surface area is 117 Å². The van der Waals surface area contributed by atoms with Crippen LogP contribution >= 0.6 is 0 Å². The van der Waals surface area contributed by atoms with E-state index in [1.54, 1.807) is 0 Å². The van der Waals surface area contributed by atoms with Crippen LogP contribution < -0.4 is 5.32 Å². The molecule has 0 aromatic carbocycles. The number of rotatable bonds is 5. The van der Waals surface area contributed by atoms with Gasteiger partial charge in [0.25, 0.3) is 0 Å². The van der Waals surface area contributed by atoms with E-state index in [4.69, 9.17) is 0 Å². The van der Waals surface area contributed by atoms with E-state index in [1.807, 2.05) is 6.92 Å². The smallest absolute Gasteiger partial charge is 0.323 e. The van der Waals surface area contributed by atoms with E-state index in [0.29, 0.717) is 25.0 Å². The SMILES string of the molecule is CCNC1(C(=O)O)CCC(N(C)C(C)C(C)(C)C)C1. The van der Waals surface area contributed by atoms with Crippen molar-refractivity contribution in [2.45, 2.75) is 71.5 Å². The van der Waals surface area contributed by atoms with Gasteiger partial charge in [-0.3, -0.25) is 4.79 Å². The lowest BCUT2D eigenvalue weighted by Crippen LogP contribution is -2.52. The van der Waals surface area contributed by atoms with Crippen LogP contribution in [0.2, 0.25) is 0 Å². The molecule has 0 radical (unpaired) electrons. The highest BCUT2D eigenvalue weighted by atomic mass is 16.4. The first kappa shape index (κ1) is 16.4. The summed E-state index contributed by atoms with van der Waals surface area (Å²) in [6.45, 7) is 11.6. The Hall–Kier alpha value is -0.610. The normalized spacial score (nSPS) is 29.7. The highest BCUT2D eigenvalue weighted by Crippen LogP contribution is 2.36. The molecule has 1 saturated carbocycles. The van der Waals surface area contributed by atoms with Crippen LogP contribution in [0.25, 0.3) is 0 Å². The van der Waals surface area contributed by atoms with E-state index in [-0.39, 0.29) is 5.41 Å². The summed E-state index contributed by atoms with van der Waals surface area (Å²) < 4.78 is 0. The summed E-state index contributed by atoms with van der Waals surface area (Å²) >= 11 is 0. The van der Waals surface area contributed by atoms with Crippen LogP contribution in [0.5, 0.6) is 0 Å². The maximum absolute atomic E-state index is 11.6. The summed E-state index contributed by atoms with van der Waals surface area (Å²) in [4.78, 5) is 13.9. The second-order valence-electron chi connectivity index (χ2n) is 7.02. The van der Waals surface area contributed by atoms with Gasteiger partial charge in [0, 0.05) is 12.1 Å². The van der Waals surface area contributed by atoms with Crippen molar-refractivity contribution in [2.75, 3.05) is 13.6 Å². The number of aliphatic carboxylic acids is 1. The zero-order chi connectivity index (χ0) is 14.8. The Balaban J connectivity index is 2.77. The fourth-order valence-corrected chi connectivity index (χ4v) is 3.06. The molecular weight excluding hydrogens is 240 g/mol. The Morgan fingerprint density at radius 2 is 2.11 bits per heavy atom. The van der Waals surface area contributed by atoms with Crippen molar-refractivity contribution in [3.05, 3.63) is 0 Å². The number of likely N-dealkylation sites (N-methyl/N-ethyl adjacent to an activating group) is 1. The molecular formula is C15H30N2O2. The summed E-state index contributed by atoms with van der Waals surface area (Å²) in [6.07, 6.45) is 2.38. The Bertz CT molecular complexity index is 325. The molecule has 0 spiro atoms. The molecule has 0 aromatic heterocycles. The number of carboxylic acid groups (broad SMARTS) is 1. The maximum Gasteiger partial charge on any atom is 0.323 e. The van der Waals surface area contributed by atoms with Crippen LogP contribution in [0.3, 0.4) is 0 Å². The minimum absolute atomic E-state index is 0.210. The quantitative estimate of drug-likeness (QED) is 0.805. The molecule has 0 amide bonds. The second-order valence-corrected chi connectivity index (χ2v) is 7.02. The predicted octanol–water partition coefficient (Wildman–Crippen LogP) is 2.34. The lowest BCUT2D eigenvalue weighted by atomic mass is 9.86. The van der Waals surface area contributed by atoms with Gasteiger partial charge in [-0.05, 0) is 45.2 Å². The summed E-state index contributed by atoms with van der Waals surface area (Å²) in [6, 6.07) is 0.785. The van der Waals surface area contributed by atoms with Gasteiger partial charge in [0.15, 0.2) is 0 Å². The number of hydrogen-bond acceptors (Lipinski definition) is 3. The van der Waals surface area contributed by atoms with E-state index >= 15 is 0 Å². The molecule has 0 aromatic rings. The fraction of sp³-hybridized carbons (Fsp3) is 0.933. The van der Waals surface area contributed by atoms with E-state index in [0.717, 1.165) is 12.8 Å². The lowest BCUT2D eigenvalue weighted by Gasteiger charge is -2.39. The van der Waals surface area contributed by atoms with Crippen LogP contribution in [0, 0.1) is 5.41 Å². The number of carbonyl (C=O) groups is 1. The minimum Gasteiger partial charge on any atom is -0.480 e. The van der Waals surface area contributed by atoms with Gasteiger partial charge in [0.05, 0.1) is 0 Å². The van der Waals surface area contributed by atoms with Crippen LogP contribution in [-0.2, 0) is 4.79 Å². The molecule has 1 fully saturated rings. The molecule has 4 nitrogen and oxygen atoms in total. The number of carboxylic acids is 1. The number of nitrogens with zero attached hydrogens (tertiary/aromatic N) is 1. The van der Waals surface area contributed by atoms with E-state index in [1.165, 1.54) is 0 Å². The third-order valence-electron chi connectivity index (χ3n) is 4.85. The van der Waals surface area contributed by atoms with Crippen LogP contribution in [0.15, 0.2) is 0 Å². The molecule has 4 heteroatoms. The van der Waals surface area contributed by atoms with Gasteiger partial charge in [-0.1, -0.05) is 27.7 Å². The molecule has 0 heterocycles. The molecule has 0 aliphatic heterocycles. The monoisotopic (exact) mass is 270 g/mol. The van der Waals surface area contributed by atoms with Crippen LogP contribution in [0.1, 0.15) is 53.9 Å². The first-order valence-corrected chi connectivity index (χ1v) is 7.34. The fourth-order valence-electron chi connectivity index (χ4n) is 3.06. The average molecular weight is 270 g/mol. The minimum atomic E-state index is -0.717. The molecule has 3 unspecified atom stereocenters. The van der Waals surface area contributed by atoms with E-state index in [2.05, 4.69) is 45.0 Å². The molecule has 1 aliphatic carbocycles. The standard InChI is InChI=1S/C15H30N2O2/c1-7-16-15(13(18)19)9-8-12(10-15)17(6)11(2)14(3,4)5/h11-12,16H,7-10H2,1-6H3,(H,18,19). The molecule has 1 rings (SSSR count). The number of nitrogens with one attached hydrogen (secondary N) is 1. The summed E-state index contributed by atoms with van der Waals surface area (Å²) in [5.41, 5.74) is -0.507. The summed E-state index contributed by atoms with van der Waals surface area (Å²) in [5, 5.41) is 12.7. The van der Waals surface area contributed by atoms with Crippen molar-refractivity contribution < 1.29 is 9.90 Å². The third-order valence-corrected chi connectivity index (χ3v) is 4.85. The maximum atomic E-state index is 11.6. The third kappa shape index (κ3) is 3.48. The highest BCUT2D eigenvalue weighted by Gasteiger charge is 2.47. The summed E-state index contributed by atoms with van der Waals surface area (Å²) in [5.74, 6) is -0.700. The lowest BCUT2D eigenvalue weighted by molar-refractivity contribution is -0.144. The first-order valence-electron chi connectivity index (χ1n) is 7.34. The van der Waals surface area contributed by atoms with E-state index < -0.39 is 11.5 Å². The second kappa shape index (κ2) is 5.80. The Morgan fingerprint density at radius 3 is 2.53 bits per heavy atom. The Kier molecular flexibility index (Phi) is 5.02. The molecule has 19 heavy (non-hydrogen) atoms. The van der Waals surface area contributed by atoms with Gasteiger partial charge >= 0.3 is 5.97 Å². The van der Waals surface area contributed by atoms with Gasteiger partial charge in [-0.25, -0.2) is 0 Å².